The second-order valence-corrected chi connectivity index (χ2v) is 8.18. The molecule has 3 rings (SSSR count). The number of allylic oxidation sites excluding steroid dienone is 1. The van der Waals surface area contributed by atoms with E-state index >= 15 is 0 Å². The molecule has 1 aliphatic heterocycles. The van der Waals surface area contributed by atoms with Crippen LogP contribution in [0.15, 0.2) is 52.9 Å². The smallest absolute Gasteiger partial charge is 0.228 e. The number of carbonyl (C=O) groups excluding carboxylic acids is 1. The van der Waals surface area contributed by atoms with Gasteiger partial charge in [-0.3, -0.25) is 15.5 Å². The number of amidine groups is 1. The Morgan fingerprint density at radius 2 is 2.09 bits per heavy atom. The summed E-state index contributed by atoms with van der Waals surface area (Å²) in [7, 11) is 0. The molecule has 1 atom stereocenters. The highest BCUT2D eigenvalue weighted by Gasteiger charge is 2.24. The van der Waals surface area contributed by atoms with Gasteiger partial charge in [-0.25, -0.2) is 4.99 Å². The van der Waals surface area contributed by atoms with Gasteiger partial charge >= 0.3 is 0 Å². The summed E-state index contributed by atoms with van der Waals surface area (Å²) in [5.41, 5.74) is 1.77. The summed E-state index contributed by atoms with van der Waals surface area (Å²) >= 11 is 6.01. The Labute approximate surface area is 194 Å². The maximum absolute atomic E-state index is 12.8. The molecule has 1 aliphatic carbocycles. The van der Waals surface area contributed by atoms with E-state index in [1.807, 2.05) is 37.3 Å². The van der Waals surface area contributed by atoms with Crippen LogP contribution in [0.2, 0.25) is 5.02 Å². The number of amides is 1. The second kappa shape index (κ2) is 12.4. The van der Waals surface area contributed by atoms with Gasteiger partial charge in [-0.15, -0.1) is 0 Å². The van der Waals surface area contributed by atoms with Crippen LogP contribution in [0.3, 0.4) is 0 Å². The maximum atomic E-state index is 12.8. The fraction of sp³-hybridized carbons (Fsp3) is 0.435. The average molecular weight is 459 g/mol. The van der Waals surface area contributed by atoms with E-state index in [0.29, 0.717) is 43.0 Å². The summed E-state index contributed by atoms with van der Waals surface area (Å²) in [5, 5.41) is 20.3. The molecule has 1 aromatic carbocycles. The molecule has 8 nitrogen and oxygen atoms in total. The first-order valence-corrected chi connectivity index (χ1v) is 11.3. The molecular formula is C23H31ClN6O2. The Morgan fingerprint density at radius 1 is 1.31 bits per heavy atom. The topological polar surface area (TPSA) is 111 Å². The van der Waals surface area contributed by atoms with Crippen molar-refractivity contribution in [3.05, 3.63) is 58.5 Å². The Morgan fingerprint density at radius 3 is 2.78 bits per heavy atom. The van der Waals surface area contributed by atoms with Crippen molar-refractivity contribution in [1.82, 2.24) is 21.3 Å². The van der Waals surface area contributed by atoms with E-state index in [9.17, 15) is 4.79 Å². The molecule has 1 amide bonds. The van der Waals surface area contributed by atoms with Crippen LogP contribution >= 0.6 is 11.6 Å². The maximum Gasteiger partial charge on any atom is 0.228 e. The van der Waals surface area contributed by atoms with Crippen LogP contribution < -0.4 is 21.3 Å². The van der Waals surface area contributed by atoms with Crippen molar-refractivity contribution < 1.29 is 9.53 Å². The molecule has 0 unspecified atom stereocenters. The van der Waals surface area contributed by atoms with Crippen molar-refractivity contribution in [3.8, 4) is 0 Å². The van der Waals surface area contributed by atoms with E-state index in [2.05, 4.69) is 26.3 Å². The van der Waals surface area contributed by atoms with Crippen molar-refractivity contribution in [2.24, 2.45) is 10.9 Å². The highest BCUT2D eigenvalue weighted by molar-refractivity contribution is 6.30. The number of carbonyl (C=O) groups is 1. The lowest BCUT2D eigenvalue weighted by Gasteiger charge is -2.18. The molecular weight excluding hydrogens is 428 g/mol. The molecule has 172 valence electrons. The minimum absolute atomic E-state index is 0.00950. The first kappa shape index (κ1) is 24.0. The van der Waals surface area contributed by atoms with E-state index in [1.165, 1.54) is 12.8 Å². The van der Waals surface area contributed by atoms with Gasteiger partial charge in [-0.05, 0) is 49.9 Å². The van der Waals surface area contributed by atoms with Gasteiger partial charge in [0.25, 0.3) is 0 Å². The zero-order chi connectivity index (χ0) is 22.8. The molecule has 0 bridgehead atoms. The molecule has 0 aromatic heterocycles. The molecule has 1 heterocycles. The van der Waals surface area contributed by atoms with Crippen molar-refractivity contribution in [2.45, 2.75) is 25.7 Å². The molecule has 1 saturated carbocycles. The summed E-state index contributed by atoms with van der Waals surface area (Å²) in [6.07, 6.45) is 7.13. The Balaban J connectivity index is 1.40. The molecule has 0 spiro atoms. The molecule has 9 heteroatoms. The van der Waals surface area contributed by atoms with Gasteiger partial charge < -0.3 is 20.7 Å². The lowest BCUT2D eigenvalue weighted by atomic mass is 9.98. The number of nitrogens with one attached hydrogen (secondary N) is 5. The highest BCUT2D eigenvalue weighted by Crippen LogP contribution is 2.28. The van der Waals surface area contributed by atoms with Gasteiger partial charge in [-0.1, -0.05) is 29.8 Å². The van der Waals surface area contributed by atoms with E-state index in [0.717, 1.165) is 29.9 Å². The Hall–Kier alpha value is -2.68. The third-order valence-corrected chi connectivity index (χ3v) is 5.59. The number of halogens is 1. The van der Waals surface area contributed by atoms with Crippen molar-refractivity contribution in [1.29, 1.82) is 5.41 Å². The number of hydrogen-bond acceptors (Lipinski definition) is 5. The van der Waals surface area contributed by atoms with Crippen molar-refractivity contribution >= 4 is 29.7 Å². The molecule has 1 aromatic rings. The van der Waals surface area contributed by atoms with Crippen LogP contribution in [0.25, 0.3) is 0 Å². The molecule has 1 fully saturated rings. The predicted octanol–water partition coefficient (Wildman–Crippen LogP) is 2.50. The lowest BCUT2D eigenvalue weighted by molar-refractivity contribution is -0.122. The molecule has 2 aliphatic rings. The molecule has 32 heavy (non-hydrogen) atoms. The van der Waals surface area contributed by atoms with Crippen molar-refractivity contribution in [2.75, 3.05) is 32.9 Å². The fourth-order valence-electron chi connectivity index (χ4n) is 3.38. The van der Waals surface area contributed by atoms with Crippen LogP contribution in [-0.4, -0.2) is 51.0 Å². The minimum atomic E-state index is -0.263. The number of hydrogen-bond donors (Lipinski definition) is 5. The van der Waals surface area contributed by atoms with E-state index in [1.54, 1.807) is 6.20 Å². The zero-order valence-electron chi connectivity index (χ0n) is 18.3. The largest absolute Gasteiger partial charge is 0.476 e. The zero-order valence-corrected chi connectivity index (χ0v) is 19.0. The number of rotatable bonds is 13. The quantitative estimate of drug-likeness (QED) is 0.135. The van der Waals surface area contributed by atoms with Crippen LogP contribution in [0.1, 0.15) is 31.2 Å². The summed E-state index contributed by atoms with van der Waals surface area (Å²) in [6, 6.07) is 7.47. The number of benzene rings is 1. The van der Waals surface area contributed by atoms with E-state index in [-0.39, 0.29) is 11.8 Å². The van der Waals surface area contributed by atoms with Crippen LogP contribution in [-0.2, 0) is 9.53 Å². The second-order valence-electron chi connectivity index (χ2n) is 7.75. The molecule has 5 N–H and O–H groups in total. The third kappa shape index (κ3) is 7.19. The van der Waals surface area contributed by atoms with Crippen LogP contribution in [0.4, 0.5) is 0 Å². The minimum Gasteiger partial charge on any atom is -0.476 e. The molecule has 0 radical (unpaired) electrons. The predicted molar refractivity (Wildman–Crippen MR) is 128 cm³/mol. The van der Waals surface area contributed by atoms with Crippen molar-refractivity contribution in [3.63, 3.8) is 0 Å². The van der Waals surface area contributed by atoms with Gasteiger partial charge in [0.2, 0.25) is 5.91 Å². The van der Waals surface area contributed by atoms with Gasteiger partial charge in [0.1, 0.15) is 24.7 Å². The monoisotopic (exact) mass is 458 g/mol. The highest BCUT2D eigenvalue weighted by atomic mass is 35.5. The van der Waals surface area contributed by atoms with Crippen LogP contribution in [0, 0.1) is 11.3 Å². The average Bonchev–Trinajstić information content (AvgIpc) is 3.54. The molecule has 0 saturated heterocycles. The normalized spacial score (nSPS) is 18.9. The summed E-state index contributed by atoms with van der Waals surface area (Å²) in [5.74, 6) is 1.74. The SMILES string of the molecule is C/C=C1\C(OCNCCNC(=O)[C@H](CNCC2CC2)c2ccc(Cl)cc2)=CN\C1=N\C=N. The van der Waals surface area contributed by atoms with Gasteiger partial charge in [-0.2, -0.15) is 0 Å². The fourth-order valence-corrected chi connectivity index (χ4v) is 3.51. The van der Waals surface area contributed by atoms with Gasteiger partial charge in [0.15, 0.2) is 0 Å². The van der Waals surface area contributed by atoms with Gasteiger partial charge in [0, 0.05) is 30.9 Å². The summed E-state index contributed by atoms with van der Waals surface area (Å²) in [6.45, 7) is 4.81. The van der Waals surface area contributed by atoms with Gasteiger partial charge in [0.05, 0.1) is 11.5 Å². The summed E-state index contributed by atoms with van der Waals surface area (Å²) < 4.78 is 5.73. The third-order valence-electron chi connectivity index (χ3n) is 5.34. The van der Waals surface area contributed by atoms with E-state index < -0.39 is 0 Å². The first-order chi connectivity index (χ1) is 15.6. The first-order valence-electron chi connectivity index (χ1n) is 10.9. The number of nitrogens with zero attached hydrogens (tertiary/aromatic N) is 1. The Bertz CT molecular complexity index is 877. The van der Waals surface area contributed by atoms with Crippen LogP contribution in [0.5, 0.6) is 0 Å². The lowest BCUT2D eigenvalue weighted by Crippen LogP contribution is -2.39. The number of aliphatic imine (C=N–C) groups is 1. The van der Waals surface area contributed by atoms with E-state index in [4.69, 9.17) is 21.7 Å². The standard InChI is InChI=1S/C23H31ClN6O2/c1-2-19-21(13-29-22(19)30-14-25)32-15-26-9-10-28-23(31)20(12-27-11-16-3-4-16)17-5-7-18(24)8-6-17/h2,5-8,13-14,16,20,26-27H,3-4,9-12,15H2,1H3,(H,28,31)(H2,25,29,30)/b19-2+/t20-/m1/s1. The summed E-state index contributed by atoms with van der Waals surface area (Å²) in [4.78, 5) is 16.8. The number of ether oxygens (including phenoxy) is 1. The Kier molecular flexibility index (Phi) is 9.27.